The first kappa shape index (κ1) is 14.7. The minimum absolute atomic E-state index is 0.213. The van der Waals surface area contributed by atoms with Crippen LogP contribution in [0.1, 0.15) is 5.56 Å². The largest absolute Gasteiger partial charge is 0.436 e. The van der Waals surface area contributed by atoms with Crippen LogP contribution in [-0.2, 0) is 6.54 Å². The van der Waals surface area contributed by atoms with Crippen molar-refractivity contribution in [1.29, 1.82) is 0 Å². The minimum atomic E-state index is 0.213. The van der Waals surface area contributed by atoms with E-state index in [0.29, 0.717) is 25.8 Å². The Balaban J connectivity index is 2.39. The van der Waals surface area contributed by atoms with E-state index in [1.807, 2.05) is 0 Å². The highest BCUT2D eigenvalue weighted by Gasteiger charge is 2.13. The fraction of sp³-hybridized carbons (Fsp3) is 0.0833. The van der Waals surface area contributed by atoms with Crippen LogP contribution in [0.5, 0.6) is 11.6 Å². The molecule has 0 aliphatic carbocycles. The predicted octanol–water partition coefficient (Wildman–Crippen LogP) is 4.95. The highest BCUT2D eigenvalue weighted by molar-refractivity contribution is 6.43. The number of hydrogen-bond donors (Lipinski definition) is 1. The normalized spacial score (nSPS) is 10.6. The van der Waals surface area contributed by atoms with Crippen molar-refractivity contribution in [2.24, 2.45) is 5.73 Å². The van der Waals surface area contributed by atoms with Crippen LogP contribution < -0.4 is 10.5 Å². The van der Waals surface area contributed by atoms with Crippen LogP contribution in [0.3, 0.4) is 0 Å². The Morgan fingerprint density at radius 3 is 2.42 bits per heavy atom. The summed E-state index contributed by atoms with van der Waals surface area (Å²) < 4.78 is 5.54. The van der Waals surface area contributed by atoms with Gasteiger partial charge >= 0.3 is 0 Å². The van der Waals surface area contributed by atoms with E-state index in [-0.39, 0.29) is 12.4 Å². The summed E-state index contributed by atoms with van der Waals surface area (Å²) in [6, 6.07) is 4.70. The van der Waals surface area contributed by atoms with Gasteiger partial charge in [0.15, 0.2) is 0 Å². The van der Waals surface area contributed by atoms with Crippen molar-refractivity contribution in [3.05, 3.63) is 50.0 Å². The van der Waals surface area contributed by atoms with Crippen molar-refractivity contribution in [2.45, 2.75) is 6.54 Å². The molecular formula is C12H8Cl4N2O. The first-order valence-electron chi connectivity index (χ1n) is 5.18. The molecule has 0 amide bonds. The second-order valence-corrected chi connectivity index (χ2v) is 5.19. The van der Waals surface area contributed by atoms with Crippen LogP contribution in [0.2, 0.25) is 20.1 Å². The average molecular weight is 338 g/mol. The van der Waals surface area contributed by atoms with Gasteiger partial charge in [-0.15, -0.1) is 0 Å². The summed E-state index contributed by atoms with van der Waals surface area (Å²) in [5.74, 6) is 0.532. The van der Waals surface area contributed by atoms with Gasteiger partial charge in [-0.25, -0.2) is 4.98 Å². The van der Waals surface area contributed by atoms with Crippen molar-refractivity contribution < 1.29 is 4.74 Å². The van der Waals surface area contributed by atoms with Crippen LogP contribution >= 0.6 is 46.4 Å². The minimum Gasteiger partial charge on any atom is -0.436 e. The van der Waals surface area contributed by atoms with Gasteiger partial charge in [0.05, 0.1) is 15.1 Å². The monoisotopic (exact) mass is 336 g/mol. The molecule has 0 saturated heterocycles. The van der Waals surface area contributed by atoms with Gasteiger partial charge in [-0.05, 0) is 17.7 Å². The van der Waals surface area contributed by atoms with Crippen molar-refractivity contribution in [3.8, 4) is 11.6 Å². The topological polar surface area (TPSA) is 48.1 Å². The SMILES string of the molecule is NCc1ccnc(Oc2cc(Cl)c(Cl)cc2Cl)c1Cl. The van der Waals surface area contributed by atoms with Gasteiger partial charge in [0.1, 0.15) is 10.8 Å². The fourth-order valence-electron chi connectivity index (χ4n) is 1.38. The van der Waals surface area contributed by atoms with Crippen molar-refractivity contribution in [3.63, 3.8) is 0 Å². The highest BCUT2D eigenvalue weighted by atomic mass is 35.5. The van der Waals surface area contributed by atoms with Crippen LogP contribution in [0.15, 0.2) is 24.4 Å². The number of aromatic nitrogens is 1. The van der Waals surface area contributed by atoms with Crippen LogP contribution in [-0.4, -0.2) is 4.98 Å². The smallest absolute Gasteiger partial charge is 0.238 e. The lowest BCUT2D eigenvalue weighted by Crippen LogP contribution is -1.99. The Hall–Kier alpha value is -0.710. The van der Waals surface area contributed by atoms with E-state index in [1.165, 1.54) is 12.1 Å². The molecule has 0 radical (unpaired) electrons. The predicted molar refractivity (Wildman–Crippen MR) is 78.7 cm³/mol. The first-order valence-corrected chi connectivity index (χ1v) is 6.70. The highest BCUT2D eigenvalue weighted by Crippen LogP contribution is 2.38. The summed E-state index contributed by atoms with van der Waals surface area (Å²) >= 11 is 23.9. The van der Waals surface area contributed by atoms with Crippen LogP contribution in [0.25, 0.3) is 0 Å². The molecule has 2 rings (SSSR count). The maximum Gasteiger partial charge on any atom is 0.238 e. The lowest BCUT2D eigenvalue weighted by atomic mass is 10.2. The molecule has 0 bridgehead atoms. The molecule has 0 fully saturated rings. The number of nitrogens with two attached hydrogens (primary N) is 1. The number of hydrogen-bond acceptors (Lipinski definition) is 3. The Bertz CT molecular complexity index is 619. The second kappa shape index (κ2) is 6.16. The average Bonchev–Trinajstić information content (AvgIpc) is 2.38. The van der Waals surface area contributed by atoms with E-state index >= 15 is 0 Å². The molecule has 0 unspecified atom stereocenters. The summed E-state index contributed by atoms with van der Waals surface area (Å²) in [5.41, 5.74) is 6.28. The molecule has 100 valence electrons. The summed E-state index contributed by atoms with van der Waals surface area (Å²) in [6.45, 7) is 0.285. The summed E-state index contributed by atoms with van der Waals surface area (Å²) in [4.78, 5) is 4.03. The Kier molecular flexibility index (Phi) is 4.76. The molecule has 1 heterocycles. The molecule has 7 heteroatoms. The van der Waals surface area contributed by atoms with E-state index in [2.05, 4.69) is 4.98 Å². The third-order valence-corrected chi connectivity index (χ3v) is 3.76. The summed E-state index contributed by atoms with van der Waals surface area (Å²) in [6.07, 6.45) is 1.55. The number of halogens is 4. The molecule has 1 aromatic heterocycles. The fourth-order valence-corrected chi connectivity index (χ4v) is 2.18. The van der Waals surface area contributed by atoms with Crippen molar-refractivity contribution in [2.75, 3.05) is 0 Å². The number of rotatable bonds is 3. The zero-order valence-electron chi connectivity index (χ0n) is 9.46. The summed E-state index contributed by atoms with van der Waals surface area (Å²) in [7, 11) is 0. The molecule has 2 aromatic rings. The molecule has 0 saturated carbocycles. The molecule has 1 aromatic carbocycles. The van der Waals surface area contributed by atoms with E-state index in [1.54, 1.807) is 12.3 Å². The Labute approximate surface area is 130 Å². The van der Waals surface area contributed by atoms with E-state index in [0.717, 1.165) is 5.56 Å². The molecule has 2 N–H and O–H groups in total. The Morgan fingerprint density at radius 2 is 1.74 bits per heavy atom. The maximum absolute atomic E-state index is 6.11. The van der Waals surface area contributed by atoms with E-state index in [9.17, 15) is 0 Å². The lowest BCUT2D eigenvalue weighted by molar-refractivity contribution is 0.462. The number of nitrogens with zero attached hydrogens (tertiary/aromatic N) is 1. The second-order valence-electron chi connectivity index (χ2n) is 3.59. The first-order chi connectivity index (χ1) is 9.02. The molecule has 0 spiro atoms. The molecule has 3 nitrogen and oxygen atoms in total. The van der Waals surface area contributed by atoms with Gasteiger partial charge < -0.3 is 10.5 Å². The maximum atomic E-state index is 6.11. The third kappa shape index (κ3) is 3.25. The molecule has 0 aliphatic rings. The quantitative estimate of drug-likeness (QED) is 0.806. The molecule has 0 atom stereocenters. The van der Waals surface area contributed by atoms with Crippen molar-refractivity contribution >= 4 is 46.4 Å². The summed E-state index contributed by atoms with van der Waals surface area (Å²) in [5, 5.41) is 1.32. The van der Waals surface area contributed by atoms with E-state index < -0.39 is 0 Å². The molecular weight excluding hydrogens is 330 g/mol. The zero-order chi connectivity index (χ0) is 14.0. The Morgan fingerprint density at radius 1 is 1.05 bits per heavy atom. The number of pyridine rings is 1. The zero-order valence-corrected chi connectivity index (χ0v) is 12.5. The van der Waals surface area contributed by atoms with Gasteiger partial charge in [0.2, 0.25) is 5.88 Å². The standard InChI is InChI=1S/C12H8Cl4N2O/c13-7-3-9(15)10(4-8(7)14)19-12-11(16)6(5-17)1-2-18-12/h1-4H,5,17H2. The van der Waals surface area contributed by atoms with Gasteiger partial charge in [-0.3, -0.25) is 0 Å². The third-order valence-electron chi connectivity index (χ3n) is 2.34. The molecule has 19 heavy (non-hydrogen) atoms. The molecule has 0 aliphatic heterocycles. The number of ether oxygens (including phenoxy) is 1. The van der Waals surface area contributed by atoms with Crippen LogP contribution in [0.4, 0.5) is 0 Å². The van der Waals surface area contributed by atoms with E-state index in [4.69, 9.17) is 56.9 Å². The van der Waals surface area contributed by atoms with Gasteiger partial charge in [0.25, 0.3) is 0 Å². The van der Waals surface area contributed by atoms with Crippen LogP contribution in [0, 0.1) is 0 Å². The van der Waals surface area contributed by atoms with Crippen molar-refractivity contribution in [1.82, 2.24) is 4.98 Å². The van der Waals surface area contributed by atoms with Gasteiger partial charge in [0, 0.05) is 18.8 Å². The number of benzene rings is 1. The van der Waals surface area contributed by atoms with Gasteiger partial charge in [-0.2, -0.15) is 0 Å². The lowest BCUT2D eigenvalue weighted by Gasteiger charge is -2.10. The van der Waals surface area contributed by atoms with Gasteiger partial charge in [-0.1, -0.05) is 46.4 Å².